The van der Waals surface area contributed by atoms with Gasteiger partial charge >= 0.3 is 5.97 Å². The zero-order valence-electron chi connectivity index (χ0n) is 15.6. The fourth-order valence-electron chi connectivity index (χ4n) is 3.13. The highest BCUT2D eigenvalue weighted by atomic mass is 32.2. The summed E-state index contributed by atoms with van der Waals surface area (Å²) >= 11 is 0. The average Bonchev–Trinajstić information content (AvgIpc) is 3.42. The highest BCUT2D eigenvalue weighted by Gasteiger charge is 2.20. The van der Waals surface area contributed by atoms with Gasteiger partial charge in [-0.05, 0) is 48.7 Å². The number of carbonyl (C=O) groups is 1. The maximum atomic E-state index is 12.6. The average molecular weight is 419 g/mol. The van der Waals surface area contributed by atoms with E-state index in [1.807, 2.05) is 0 Å². The molecular formula is C20H21NO7S. The van der Waals surface area contributed by atoms with E-state index in [0.717, 1.165) is 18.4 Å². The van der Waals surface area contributed by atoms with Gasteiger partial charge in [-0.15, -0.1) is 0 Å². The zero-order chi connectivity index (χ0) is 20.3. The molecule has 2 aliphatic rings. The molecule has 2 aromatic rings. The van der Waals surface area contributed by atoms with Crippen LogP contribution in [0.1, 0.15) is 28.8 Å². The Kier molecular flexibility index (Phi) is 5.70. The van der Waals surface area contributed by atoms with Crippen molar-refractivity contribution in [1.29, 1.82) is 0 Å². The lowest BCUT2D eigenvalue weighted by molar-refractivity contribution is 0.0161. The molecule has 2 heterocycles. The van der Waals surface area contributed by atoms with Crippen LogP contribution in [0.3, 0.4) is 0 Å². The third kappa shape index (κ3) is 4.69. The Morgan fingerprint density at radius 3 is 2.83 bits per heavy atom. The minimum Gasteiger partial charge on any atom is -0.459 e. The van der Waals surface area contributed by atoms with Gasteiger partial charge in [-0.25, -0.2) is 17.9 Å². The molecule has 0 spiro atoms. The first kappa shape index (κ1) is 19.7. The summed E-state index contributed by atoms with van der Waals surface area (Å²) in [6.07, 6.45) is 1.71. The SMILES string of the molecule is O=C(OCC1CCCO1)c1cccc(S(=O)(=O)NCc2ccc3c(c2)OCO3)c1. The summed E-state index contributed by atoms with van der Waals surface area (Å²) in [7, 11) is -3.81. The Morgan fingerprint density at radius 1 is 1.14 bits per heavy atom. The standard InChI is InChI=1S/C20H21NO7S/c22-20(26-12-16-4-2-8-25-16)15-3-1-5-17(10-15)29(23,24)21-11-14-6-7-18-19(9-14)28-13-27-18/h1,3,5-7,9-10,16,21H,2,4,8,11-13H2. The number of nitrogens with one attached hydrogen (secondary N) is 1. The second-order valence-electron chi connectivity index (χ2n) is 6.77. The van der Waals surface area contributed by atoms with Crippen LogP contribution in [0.2, 0.25) is 0 Å². The summed E-state index contributed by atoms with van der Waals surface area (Å²) in [5.74, 6) is 0.636. The van der Waals surface area contributed by atoms with Gasteiger partial charge < -0.3 is 18.9 Å². The van der Waals surface area contributed by atoms with Crippen molar-refractivity contribution in [3.63, 3.8) is 0 Å². The van der Waals surface area contributed by atoms with Crippen LogP contribution in [0.25, 0.3) is 0 Å². The number of ether oxygens (including phenoxy) is 4. The highest BCUT2D eigenvalue weighted by Crippen LogP contribution is 2.32. The lowest BCUT2D eigenvalue weighted by Crippen LogP contribution is -2.23. The maximum absolute atomic E-state index is 12.6. The van der Waals surface area contributed by atoms with Crippen LogP contribution in [-0.4, -0.2) is 40.5 Å². The van der Waals surface area contributed by atoms with Crippen LogP contribution in [0.15, 0.2) is 47.4 Å². The molecule has 1 N–H and O–H groups in total. The van der Waals surface area contributed by atoms with E-state index in [4.69, 9.17) is 18.9 Å². The van der Waals surface area contributed by atoms with Gasteiger partial charge in [0.25, 0.3) is 0 Å². The molecule has 0 radical (unpaired) electrons. The molecule has 1 fully saturated rings. The van der Waals surface area contributed by atoms with Gasteiger partial charge in [-0.2, -0.15) is 0 Å². The van der Waals surface area contributed by atoms with Crippen molar-refractivity contribution < 1.29 is 32.2 Å². The van der Waals surface area contributed by atoms with E-state index in [9.17, 15) is 13.2 Å². The van der Waals surface area contributed by atoms with Gasteiger partial charge in [0.2, 0.25) is 16.8 Å². The number of hydrogen-bond acceptors (Lipinski definition) is 7. The summed E-state index contributed by atoms with van der Waals surface area (Å²) in [5, 5.41) is 0. The normalized spacial score (nSPS) is 18.0. The molecule has 2 aliphatic heterocycles. The number of benzene rings is 2. The maximum Gasteiger partial charge on any atom is 0.338 e. The van der Waals surface area contributed by atoms with Crippen LogP contribution in [-0.2, 0) is 26.0 Å². The third-order valence-electron chi connectivity index (χ3n) is 4.71. The second-order valence-corrected chi connectivity index (χ2v) is 8.54. The molecule has 29 heavy (non-hydrogen) atoms. The van der Waals surface area contributed by atoms with Gasteiger partial charge in [0.05, 0.1) is 16.6 Å². The Morgan fingerprint density at radius 2 is 2.00 bits per heavy atom. The molecular weight excluding hydrogens is 398 g/mol. The predicted molar refractivity (Wildman–Crippen MR) is 102 cm³/mol. The van der Waals surface area contributed by atoms with Gasteiger partial charge in [0.15, 0.2) is 11.5 Å². The van der Waals surface area contributed by atoms with Crippen LogP contribution in [0.4, 0.5) is 0 Å². The molecule has 0 amide bonds. The third-order valence-corrected chi connectivity index (χ3v) is 6.11. The van der Waals surface area contributed by atoms with E-state index >= 15 is 0 Å². The number of rotatable bonds is 7. The van der Waals surface area contributed by atoms with Crippen LogP contribution in [0, 0.1) is 0 Å². The fraction of sp³-hybridized carbons (Fsp3) is 0.350. The summed E-state index contributed by atoms with van der Waals surface area (Å²) in [6, 6.07) is 11.0. The first-order valence-corrected chi connectivity index (χ1v) is 10.8. The number of sulfonamides is 1. The van der Waals surface area contributed by atoms with Crippen LogP contribution < -0.4 is 14.2 Å². The quantitative estimate of drug-likeness (QED) is 0.687. The monoisotopic (exact) mass is 419 g/mol. The predicted octanol–water partition coefficient (Wildman–Crippen LogP) is 2.23. The van der Waals surface area contributed by atoms with Gasteiger partial charge in [-0.1, -0.05) is 12.1 Å². The topological polar surface area (TPSA) is 100 Å². The minimum absolute atomic E-state index is 0.00944. The Labute approximate surface area is 168 Å². The number of carbonyl (C=O) groups excluding carboxylic acids is 1. The van der Waals surface area contributed by atoms with E-state index in [2.05, 4.69) is 4.72 Å². The largest absolute Gasteiger partial charge is 0.459 e. The molecule has 1 saturated heterocycles. The van der Waals surface area contributed by atoms with Gasteiger partial charge in [0, 0.05) is 13.2 Å². The smallest absolute Gasteiger partial charge is 0.338 e. The van der Waals surface area contributed by atoms with Crippen molar-refractivity contribution in [2.75, 3.05) is 20.0 Å². The van der Waals surface area contributed by atoms with E-state index < -0.39 is 16.0 Å². The van der Waals surface area contributed by atoms with Crippen molar-refractivity contribution in [2.45, 2.75) is 30.4 Å². The number of esters is 1. The minimum atomic E-state index is -3.81. The first-order chi connectivity index (χ1) is 14.0. The van der Waals surface area contributed by atoms with Crippen molar-refractivity contribution in [2.24, 2.45) is 0 Å². The van der Waals surface area contributed by atoms with Crippen molar-refractivity contribution in [1.82, 2.24) is 4.72 Å². The second kappa shape index (κ2) is 8.40. The first-order valence-electron chi connectivity index (χ1n) is 9.28. The summed E-state index contributed by atoms with van der Waals surface area (Å²) in [4.78, 5) is 12.2. The molecule has 1 atom stereocenters. The lowest BCUT2D eigenvalue weighted by atomic mass is 10.2. The Hall–Kier alpha value is -2.62. The Balaban J connectivity index is 1.40. The summed E-state index contributed by atoms with van der Waals surface area (Å²) < 4.78 is 49.0. The van der Waals surface area contributed by atoms with Crippen molar-refractivity contribution in [3.8, 4) is 11.5 Å². The van der Waals surface area contributed by atoms with Crippen LogP contribution >= 0.6 is 0 Å². The zero-order valence-corrected chi connectivity index (χ0v) is 16.4. The van der Waals surface area contributed by atoms with Gasteiger partial charge in [0.1, 0.15) is 6.61 Å². The molecule has 0 saturated carbocycles. The van der Waals surface area contributed by atoms with E-state index in [1.54, 1.807) is 18.2 Å². The lowest BCUT2D eigenvalue weighted by Gasteiger charge is -2.11. The molecule has 0 aliphatic carbocycles. The van der Waals surface area contributed by atoms with Crippen molar-refractivity contribution in [3.05, 3.63) is 53.6 Å². The number of hydrogen-bond donors (Lipinski definition) is 1. The molecule has 0 aromatic heterocycles. The highest BCUT2D eigenvalue weighted by molar-refractivity contribution is 7.89. The molecule has 1 unspecified atom stereocenters. The Bertz CT molecular complexity index is 1000. The summed E-state index contributed by atoms with van der Waals surface area (Å²) in [6.45, 7) is 1.07. The van der Waals surface area contributed by atoms with Crippen molar-refractivity contribution >= 4 is 16.0 Å². The fourth-order valence-corrected chi connectivity index (χ4v) is 4.19. The van der Waals surface area contributed by atoms with E-state index in [-0.39, 0.29) is 36.5 Å². The molecule has 4 rings (SSSR count). The molecule has 8 nitrogen and oxygen atoms in total. The van der Waals surface area contributed by atoms with E-state index in [0.29, 0.717) is 18.1 Å². The summed E-state index contributed by atoms with van der Waals surface area (Å²) in [5.41, 5.74) is 0.902. The molecule has 0 bridgehead atoms. The van der Waals surface area contributed by atoms with Gasteiger partial charge in [-0.3, -0.25) is 0 Å². The number of fused-ring (bicyclic) bond motifs is 1. The van der Waals surface area contributed by atoms with Crippen LogP contribution in [0.5, 0.6) is 11.5 Å². The molecule has 9 heteroatoms. The molecule has 2 aromatic carbocycles. The van der Waals surface area contributed by atoms with E-state index in [1.165, 1.54) is 24.3 Å². The molecule has 154 valence electrons.